The number of nitriles is 1. The Balaban J connectivity index is 2.23. The summed E-state index contributed by atoms with van der Waals surface area (Å²) < 4.78 is 10.2. The Kier molecular flexibility index (Phi) is 3.88. The molecule has 0 unspecified atom stereocenters. The van der Waals surface area contributed by atoms with Crippen molar-refractivity contribution in [2.24, 2.45) is 0 Å². The number of nitrogens with zero attached hydrogens (tertiary/aromatic N) is 1. The zero-order valence-electron chi connectivity index (χ0n) is 10.1. The average Bonchev–Trinajstić information content (AvgIpc) is 2.88. The fraction of sp³-hybridized carbons (Fsp3) is 0.143. The summed E-state index contributed by atoms with van der Waals surface area (Å²) in [6.07, 6.45) is -0.818. The topological polar surface area (TPSA) is 63.2 Å². The molecular formula is C14H10ClNO3. The Morgan fingerprint density at radius 2 is 2.11 bits per heavy atom. The number of hydrogen-bond donors (Lipinski definition) is 0. The summed E-state index contributed by atoms with van der Waals surface area (Å²) >= 11 is 6.04. The molecule has 1 aromatic heterocycles. The summed E-state index contributed by atoms with van der Waals surface area (Å²) in [5.74, 6) is -0.161. The number of hydrogen-bond acceptors (Lipinski definition) is 4. The SMILES string of the molecule is C[C@H](C#N)OC(=O)c1ccc(-c2ccccc2Cl)o1. The van der Waals surface area contributed by atoms with E-state index in [1.165, 1.54) is 13.0 Å². The maximum Gasteiger partial charge on any atom is 0.375 e. The predicted octanol–water partition coefficient (Wildman–Crippen LogP) is 3.67. The Labute approximate surface area is 115 Å². The van der Waals surface area contributed by atoms with E-state index in [-0.39, 0.29) is 5.76 Å². The fourth-order valence-corrected chi connectivity index (χ4v) is 1.73. The van der Waals surface area contributed by atoms with Gasteiger partial charge in [0, 0.05) is 5.56 Å². The molecule has 0 radical (unpaired) electrons. The minimum Gasteiger partial charge on any atom is -0.449 e. The molecule has 0 aliphatic rings. The van der Waals surface area contributed by atoms with Gasteiger partial charge in [-0.15, -0.1) is 0 Å². The lowest BCUT2D eigenvalue weighted by atomic mass is 10.2. The van der Waals surface area contributed by atoms with Crippen LogP contribution >= 0.6 is 11.6 Å². The van der Waals surface area contributed by atoms with Crippen LogP contribution in [-0.4, -0.2) is 12.1 Å². The molecule has 0 aliphatic carbocycles. The van der Waals surface area contributed by atoms with Crippen molar-refractivity contribution in [2.45, 2.75) is 13.0 Å². The zero-order chi connectivity index (χ0) is 13.8. The van der Waals surface area contributed by atoms with E-state index in [1.54, 1.807) is 24.3 Å². The van der Waals surface area contributed by atoms with E-state index >= 15 is 0 Å². The Bertz CT molecular complexity index is 642. The summed E-state index contributed by atoms with van der Waals surface area (Å²) in [7, 11) is 0. The molecule has 0 fully saturated rings. The molecule has 0 N–H and O–H groups in total. The first kappa shape index (κ1) is 13.2. The monoisotopic (exact) mass is 275 g/mol. The molecule has 2 rings (SSSR count). The van der Waals surface area contributed by atoms with E-state index in [9.17, 15) is 4.79 Å². The second kappa shape index (κ2) is 5.59. The van der Waals surface area contributed by atoms with E-state index in [0.29, 0.717) is 16.3 Å². The molecule has 19 heavy (non-hydrogen) atoms. The normalized spacial score (nSPS) is 11.6. The minimum atomic E-state index is -0.818. The Morgan fingerprint density at radius 3 is 2.79 bits per heavy atom. The van der Waals surface area contributed by atoms with Crippen LogP contribution in [0.2, 0.25) is 5.02 Å². The fourth-order valence-electron chi connectivity index (χ4n) is 1.50. The lowest BCUT2D eigenvalue weighted by Crippen LogP contribution is -2.12. The molecule has 0 saturated carbocycles. The number of furan rings is 1. The van der Waals surface area contributed by atoms with Gasteiger partial charge in [0.2, 0.25) is 5.76 Å². The second-order valence-corrected chi connectivity index (χ2v) is 4.23. The highest BCUT2D eigenvalue weighted by molar-refractivity contribution is 6.33. The van der Waals surface area contributed by atoms with Crippen LogP contribution in [0.4, 0.5) is 0 Å². The summed E-state index contributed by atoms with van der Waals surface area (Å²) in [6, 6.07) is 12.1. The van der Waals surface area contributed by atoms with Gasteiger partial charge >= 0.3 is 5.97 Å². The molecule has 0 bridgehead atoms. The zero-order valence-corrected chi connectivity index (χ0v) is 10.8. The van der Waals surface area contributed by atoms with E-state index in [4.69, 9.17) is 26.0 Å². The van der Waals surface area contributed by atoms with Crippen LogP contribution in [0, 0.1) is 11.3 Å². The predicted molar refractivity (Wildman–Crippen MR) is 69.6 cm³/mol. The van der Waals surface area contributed by atoms with Crippen LogP contribution in [0.3, 0.4) is 0 Å². The highest BCUT2D eigenvalue weighted by Gasteiger charge is 2.17. The van der Waals surface area contributed by atoms with Crippen LogP contribution in [0.15, 0.2) is 40.8 Å². The smallest absolute Gasteiger partial charge is 0.375 e. The summed E-state index contributed by atoms with van der Waals surface area (Å²) in [5, 5.41) is 9.10. The van der Waals surface area contributed by atoms with Gasteiger partial charge in [0.05, 0.1) is 5.02 Å². The largest absolute Gasteiger partial charge is 0.449 e. The van der Waals surface area contributed by atoms with E-state index in [2.05, 4.69) is 0 Å². The maximum atomic E-state index is 11.6. The third-order valence-electron chi connectivity index (χ3n) is 2.41. The van der Waals surface area contributed by atoms with Crippen LogP contribution in [0.25, 0.3) is 11.3 Å². The summed E-state index contributed by atoms with van der Waals surface area (Å²) in [4.78, 5) is 11.6. The standard InChI is InChI=1S/C14H10ClNO3/c1-9(8-16)18-14(17)13-7-6-12(19-13)10-4-2-3-5-11(10)15/h2-7,9H,1H3/t9-/m1/s1. The van der Waals surface area contributed by atoms with Gasteiger partial charge in [0.25, 0.3) is 0 Å². The summed E-state index contributed by atoms with van der Waals surface area (Å²) in [5.41, 5.74) is 0.691. The van der Waals surface area contributed by atoms with Gasteiger partial charge in [-0.05, 0) is 31.2 Å². The molecule has 0 saturated heterocycles. The first-order valence-electron chi connectivity index (χ1n) is 5.57. The van der Waals surface area contributed by atoms with Gasteiger partial charge in [0.1, 0.15) is 11.8 Å². The van der Waals surface area contributed by atoms with Gasteiger partial charge < -0.3 is 9.15 Å². The third-order valence-corrected chi connectivity index (χ3v) is 2.74. The van der Waals surface area contributed by atoms with Crippen molar-refractivity contribution >= 4 is 17.6 Å². The molecule has 0 spiro atoms. The Morgan fingerprint density at radius 1 is 1.37 bits per heavy atom. The molecule has 1 aromatic carbocycles. The average molecular weight is 276 g/mol. The number of rotatable bonds is 3. The van der Waals surface area contributed by atoms with Crippen molar-refractivity contribution in [3.8, 4) is 17.4 Å². The van der Waals surface area contributed by atoms with Gasteiger partial charge in [-0.2, -0.15) is 5.26 Å². The lowest BCUT2D eigenvalue weighted by Gasteiger charge is -2.03. The summed E-state index contributed by atoms with van der Waals surface area (Å²) in [6.45, 7) is 1.48. The molecule has 5 heteroatoms. The molecule has 0 amide bonds. The van der Waals surface area contributed by atoms with Crippen molar-refractivity contribution in [2.75, 3.05) is 0 Å². The Hall–Kier alpha value is -2.25. The van der Waals surface area contributed by atoms with Crippen molar-refractivity contribution in [3.63, 3.8) is 0 Å². The third kappa shape index (κ3) is 2.95. The van der Waals surface area contributed by atoms with Gasteiger partial charge in [-0.3, -0.25) is 0 Å². The van der Waals surface area contributed by atoms with Crippen molar-refractivity contribution in [1.29, 1.82) is 5.26 Å². The van der Waals surface area contributed by atoms with E-state index < -0.39 is 12.1 Å². The van der Waals surface area contributed by atoms with E-state index in [1.807, 2.05) is 12.1 Å². The van der Waals surface area contributed by atoms with E-state index in [0.717, 1.165) is 0 Å². The molecule has 1 heterocycles. The molecule has 96 valence electrons. The lowest BCUT2D eigenvalue weighted by molar-refractivity contribution is 0.0400. The number of carbonyl (C=O) groups is 1. The van der Waals surface area contributed by atoms with Crippen molar-refractivity contribution in [1.82, 2.24) is 0 Å². The van der Waals surface area contributed by atoms with Gasteiger partial charge in [-0.1, -0.05) is 23.7 Å². The number of carbonyl (C=O) groups excluding carboxylic acids is 1. The number of halogens is 1. The van der Waals surface area contributed by atoms with Crippen molar-refractivity contribution < 1.29 is 13.9 Å². The minimum absolute atomic E-state index is 0.0389. The highest BCUT2D eigenvalue weighted by atomic mass is 35.5. The van der Waals surface area contributed by atoms with Crippen LogP contribution in [0.1, 0.15) is 17.5 Å². The second-order valence-electron chi connectivity index (χ2n) is 3.82. The number of esters is 1. The molecule has 0 aliphatic heterocycles. The molecule has 1 atom stereocenters. The van der Waals surface area contributed by atoms with Gasteiger partial charge in [-0.25, -0.2) is 4.79 Å². The van der Waals surface area contributed by atoms with Crippen molar-refractivity contribution in [3.05, 3.63) is 47.2 Å². The quantitative estimate of drug-likeness (QED) is 0.802. The van der Waals surface area contributed by atoms with Crippen LogP contribution < -0.4 is 0 Å². The first-order chi connectivity index (χ1) is 9.11. The number of benzene rings is 1. The molecule has 4 nitrogen and oxygen atoms in total. The highest BCUT2D eigenvalue weighted by Crippen LogP contribution is 2.29. The van der Waals surface area contributed by atoms with Gasteiger partial charge in [0.15, 0.2) is 6.10 Å². The molecule has 2 aromatic rings. The van der Waals surface area contributed by atoms with Crippen LogP contribution in [0.5, 0.6) is 0 Å². The first-order valence-corrected chi connectivity index (χ1v) is 5.95. The number of ether oxygens (including phenoxy) is 1. The molecular weight excluding hydrogens is 266 g/mol. The maximum absolute atomic E-state index is 11.6. The van der Waals surface area contributed by atoms with Crippen LogP contribution in [-0.2, 0) is 4.74 Å².